The molecule has 0 unspecified atom stereocenters. The molecule has 2 aliphatic rings. The molecule has 0 spiro atoms. The molecule has 23 heavy (non-hydrogen) atoms. The maximum atomic E-state index is 12.1. The fourth-order valence-electron chi connectivity index (χ4n) is 4.58. The molecule has 0 radical (unpaired) electrons. The smallest absolute Gasteiger partial charge is 0.133 e. The molecule has 2 aliphatic carbocycles. The maximum absolute atomic E-state index is 12.1. The predicted octanol–water partition coefficient (Wildman–Crippen LogP) is 6.71. The normalized spacial score (nSPS) is 25.3. The molecule has 0 aromatic rings. The number of carbonyl (C=O) groups excluding carboxylic acids is 1. The number of hydrogen-bond donors (Lipinski definition) is 0. The zero-order valence-electron chi connectivity index (χ0n) is 15.8. The van der Waals surface area contributed by atoms with E-state index in [2.05, 4.69) is 27.4 Å². The Labute approximate surface area is 144 Å². The highest BCUT2D eigenvalue weighted by atomic mass is 16.1. The summed E-state index contributed by atoms with van der Waals surface area (Å²) in [5.74, 6) is 3.01. The van der Waals surface area contributed by atoms with Crippen molar-refractivity contribution in [2.75, 3.05) is 0 Å². The molecule has 0 aliphatic heterocycles. The lowest BCUT2D eigenvalue weighted by Crippen LogP contribution is -2.30. The molecule has 2 fully saturated rings. The molecule has 0 aromatic carbocycles. The van der Waals surface area contributed by atoms with Crippen molar-refractivity contribution in [3.8, 4) is 0 Å². The molecule has 0 amide bonds. The number of unbranched alkanes of at least 4 members (excludes halogenated alkanes) is 1. The summed E-state index contributed by atoms with van der Waals surface area (Å²) >= 11 is 0. The summed E-state index contributed by atoms with van der Waals surface area (Å²) in [5.41, 5.74) is 1.55. The summed E-state index contributed by atoms with van der Waals surface area (Å²) < 4.78 is 0. The minimum Gasteiger partial charge on any atom is -0.300 e. The van der Waals surface area contributed by atoms with Gasteiger partial charge in [-0.1, -0.05) is 64.5 Å². The SMILES string of the molecule is C=C(C)C(C)(C)CC1CC(CC(=O)CCCCC2CCCC2)C1. The summed E-state index contributed by atoms with van der Waals surface area (Å²) in [6.45, 7) is 10.9. The van der Waals surface area contributed by atoms with Crippen LogP contribution in [0.2, 0.25) is 0 Å². The Morgan fingerprint density at radius 1 is 1.04 bits per heavy atom. The monoisotopic (exact) mass is 318 g/mol. The molecule has 132 valence electrons. The Morgan fingerprint density at radius 2 is 1.70 bits per heavy atom. The van der Waals surface area contributed by atoms with Gasteiger partial charge in [-0.15, -0.1) is 0 Å². The average Bonchev–Trinajstić information content (AvgIpc) is 2.94. The van der Waals surface area contributed by atoms with Crippen LogP contribution in [0.3, 0.4) is 0 Å². The topological polar surface area (TPSA) is 17.1 Å². The number of ketones is 1. The van der Waals surface area contributed by atoms with Crippen LogP contribution in [0.15, 0.2) is 12.2 Å². The van der Waals surface area contributed by atoms with Crippen molar-refractivity contribution in [3.63, 3.8) is 0 Å². The second-order valence-corrected chi connectivity index (χ2v) is 9.21. The van der Waals surface area contributed by atoms with Crippen molar-refractivity contribution in [2.45, 2.75) is 97.8 Å². The summed E-state index contributed by atoms with van der Waals surface area (Å²) in [5, 5.41) is 0. The first-order valence-electron chi connectivity index (χ1n) is 10.0. The van der Waals surface area contributed by atoms with Crippen LogP contribution < -0.4 is 0 Å². The van der Waals surface area contributed by atoms with Gasteiger partial charge in [-0.25, -0.2) is 0 Å². The summed E-state index contributed by atoms with van der Waals surface area (Å²) in [4.78, 5) is 12.1. The van der Waals surface area contributed by atoms with Crippen molar-refractivity contribution in [2.24, 2.45) is 23.2 Å². The van der Waals surface area contributed by atoms with E-state index in [0.717, 1.165) is 31.1 Å². The minimum atomic E-state index is 0.264. The van der Waals surface area contributed by atoms with E-state index in [9.17, 15) is 4.79 Å². The molecule has 0 aromatic heterocycles. The van der Waals surface area contributed by atoms with E-state index >= 15 is 0 Å². The Morgan fingerprint density at radius 3 is 2.30 bits per heavy atom. The zero-order valence-corrected chi connectivity index (χ0v) is 15.8. The van der Waals surface area contributed by atoms with Crippen LogP contribution in [0.4, 0.5) is 0 Å². The van der Waals surface area contributed by atoms with Gasteiger partial charge in [0.25, 0.3) is 0 Å². The fourth-order valence-corrected chi connectivity index (χ4v) is 4.58. The molecule has 1 heteroatoms. The quantitative estimate of drug-likeness (QED) is 0.323. The van der Waals surface area contributed by atoms with E-state index in [1.807, 2.05) is 0 Å². The molecule has 0 bridgehead atoms. The first kappa shape index (κ1) is 18.7. The fraction of sp³-hybridized carbons (Fsp3) is 0.864. The maximum Gasteiger partial charge on any atom is 0.133 e. The van der Waals surface area contributed by atoms with Crippen molar-refractivity contribution in [1.29, 1.82) is 0 Å². The van der Waals surface area contributed by atoms with Crippen LogP contribution in [-0.2, 0) is 4.79 Å². The lowest BCUT2D eigenvalue weighted by Gasteiger charge is -2.40. The number of allylic oxidation sites excluding steroid dienone is 1. The van der Waals surface area contributed by atoms with Gasteiger partial charge in [-0.05, 0) is 55.8 Å². The highest BCUT2D eigenvalue weighted by molar-refractivity contribution is 5.78. The molecule has 0 atom stereocenters. The van der Waals surface area contributed by atoms with E-state index in [-0.39, 0.29) is 5.41 Å². The van der Waals surface area contributed by atoms with Gasteiger partial charge in [0.2, 0.25) is 0 Å². The molecule has 0 saturated heterocycles. The zero-order chi connectivity index (χ0) is 16.9. The second-order valence-electron chi connectivity index (χ2n) is 9.21. The van der Waals surface area contributed by atoms with E-state index in [1.165, 1.54) is 63.4 Å². The highest BCUT2D eigenvalue weighted by Gasteiger charge is 2.34. The Hall–Kier alpha value is -0.590. The van der Waals surface area contributed by atoms with Gasteiger partial charge in [0.15, 0.2) is 0 Å². The van der Waals surface area contributed by atoms with Crippen LogP contribution in [0.25, 0.3) is 0 Å². The van der Waals surface area contributed by atoms with Gasteiger partial charge in [0.05, 0.1) is 0 Å². The third-order valence-electron chi connectivity index (χ3n) is 6.60. The number of rotatable bonds is 10. The summed E-state index contributed by atoms with van der Waals surface area (Å²) in [6, 6.07) is 0. The Balaban J connectivity index is 1.51. The second kappa shape index (κ2) is 8.49. The third-order valence-corrected chi connectivity index (χ3v) is 6.60. The minimum absolute atomic E-state index is 0.264. The van der Waals surface area contributed by atoms with Crippen molar-refractivity contribution >= 4 is 5.78 Å². The van der Waals surface area contributed by atoms with Crippen LogP contribution >= 0.6 is 0 Å². The lowest BCUT2D eigenvalue weighted by molar-refractivity contribution is -0.121. The van der Waals surface area contributed by atoms with Gasteiger partial charge in [0, 0.05) is 12.8 Å². The van der Waals surface area contributed by atoms with Crippen molar-refractivity contribution in [3.05, 3.63) is 12.2 Å². The van der Waals surface area contributed by atoms with E-state index in [1.54, 1.807) is 0 Å². The molecule has 1 nitrogen and oxygen atoms in total. The van der Waals surface area contributed by atoms with Gasteiger partial charge in [-0.2, -0.15) is 0 Å². The Kier molecular flexibility index (Phi) is 6.92. The van der Waals surface area contributed by atoms with Gasteiger partial charge < -0.3 is 0 Å². The van der Waals surface area contributed by atoms with Crippen molar-refractivity contribution in [1.82, 2.24) is 0 Å². The van der Waals surface area contributed by atoms with Crippen LogP contribution in [0.1, 0.15) is 97.8 Å². The number of hydrogen-bond acceptors (Lipinski definition) is 1. The highest BCUT2D eigenvalue weighted by Crippen LogP contribution is 2.45. The number of Topliss-reactive ketones (excluding diaryl/α,β-unsaturated/α-hetero) is 1. The van der Waals surface area contributed by atoms with Gasteiger partial charge >= 0.3 is 0 Å². The molecule has 2 rings (SSSR count). The first-order chi connectivity index (χ1) is 10.9. The van der Waals surface area contributed by atoms with Crippen LogP contribution in [-0.4, -0.2) is 5.78 Å². The molecule has 0 heterocycles. The van der Waals surface area contributed by atoms with E-state index < -0.39 is 0 Å². The first-order valence-corrected chi connectivity index (χ1v) is 10.0. The standard InChI is InChI=1S/C22H38O/c1-17(2)22(3,4)16-20-13-19(14-20)15-21(23)12-8-7-11-18-9-5-6-10-18/h18-20H,1,5-16H2,2-4H3. The van der Waals surface area contributed by atoms with Gasteiger partial charge in [-0.3, -0.25) is 4.79 Å². The summed E-state index contributed by atoms with van der Waals surface area (Å²) in [6.07, 6.45) is 15.0. The van der Waals surface area contributed by atoms with E-state index in [0.29, 0.717) is 11.7 Å². The lowest BCUT2D eigenvalue weighted by atomic mass is 9.65. The van der Waals surface area contributed by atoms with Crippen LogP contribution in [0.5, 0.6) is 0 Å². The predicted molar refractivity (Wildman–Crippen MR) is 99.5 cm³/mol. The van der Waals surface area contributed by atoms with Crippen LogP contribution in [0, 0.1) is 23.2 Å². The molecular formula is C22H38O. The average molecular weight is 319 g/mol. The third kappa shape index (κ3) is 6.08. The summed E-state index contributed by atoms with van der Waals surface area (Å²) in [7, 11) is 0. The van der Waals surface area contributed by atoms with Crippen molar-refractivity contribution < 1.29 is 4.79 Å². The van der Waals surface area contributed by atoms with Gasteiger partial charge in [0.1, 0.15) is 5.78 Å². The van der Waals surface area contributed by atoms with E-state index in [4.69, 9.17) is 0 Å². The molecule has 2 saturated carbocycles. The molecule has 0 N–H and O–H groups in total. The Bertz CT molecular complexity index is 394. The largest absolute Gasteiger partial charge is 0.300 e. The molecular weight excluding hydrogens is 280 g/mol. The number of carbonyl (C=O) groups is 1.